The van der Waals surface area contributed by atoms with Crippen LogP contribution in [0.4, 0.5) is 0 Å². The molecule has 0 unspecified atom stereocenters. The number of hydroxylamine groups is 2. The molecule has 1 aliphatic rings. The van der Waals surface area contributed by atoms with Crippen LogP contribution in [0, 0.1) is 0 Å². The Kier molecular flexibility index (Phi) is 9.63. The van der Waals surface area contributed by atoms with Gasteiger partial charge in [-0.1, -0.05) is 48.0 Å². The number of amides is 3. The van der Waals surface area contributed by atoms with Crippen molar-refractivity contribution in [1.82, 2.24) is 10.4 Å². The molecule has 0 fully saturated rings. The summed E-state index contributed by atoms with van der Waals surface area (Å²) in [6.07, 6.45) is 0. The van der Waals surface area contributed by atoms with Crippen LogP contribution in [0.2, 0.25) is 5.02 Å². The van der Waals surface area contributed by atoms with E-state index in [9.17, 15) is 14.4 Å². The lowest BCUT2D eigenvalue weighted by Gasteiger charge is -2.17. The Labute approximate surface area is 259 Å². The minimum Gasteiger partial charge on any atom is -0.497 e. The molecule has 1 heterocycles. The van der Waals surface area contributed by atoms with E-state index in [0.29, 0.717) is 16.6 Å². The second kappa shape index (κ2) is 13.9. The van der Waals surface area contributed by atoms with Crippen molar-refractivity contribution in [3.05, 3.63) is 118 Å². The Morgan fingerprint density at radius 1 is 0.750 bits per heavy atom. The van der Waals surface area contributed by atoms with Crippen molar-refractivity contribution in [2.45, 2.75) is 13.2 Å². The number of hydrogen-bond donors (Lipinski definition) is 1. The maximum atomic E-state index is 13.1. The van der Waals surface area contributed by atoms with Crippen molar-refractivity contribution in [1.29, 1.82) is 0 Å². The number of nitrogens with zero attached hydrogens (tertiary/aromatic N) is 1. The fraction of sp³-hybridized carbons (Fsp3) is 0.182. The van der Waals surface area contributed by atoms with Gasteiger partial charge < -0.3 is 24.3 Å². The van der Waals surface area contributed by atoms with Gasteiger partial charge >= 0.3 is 0 Å². The number of rotatable bonds is 13. The van der Waals surface area contributed by atoms with Crippen LogP contribution in [0.1, 0.15) is 42.2 Å². The van der Waals surface area contributed by atoms with Gasteiger partial charge in [-0.05, 0) is 59.7 Å². The normalized spacial score (nSPS) is 12.1. The van der Waals surface area contributed by atoms with Gasteiger partial charge in [0.25, 0.3) is 17.7 Å². The van der Waals surface area contributed by atoms with Gasteiger partial charge in [-0.15, -0.1) is 5.06 Å². The molecule has 0 spiro atoms. The Bertz CT molecular complexity index is 1620. The van der Waals surface area contributed by atoms with E-state index < -0.39 is 17.7 Å². The van der Waals surface area contributed by atoms with Crippen LogP contribution in [0.3, 0.4) is 0 Å². The number of nitrogens with one attached hydrogen (secondary N) is 1. The molecule has 4 aromatic carbocycles. The molecule has 226 valence electrons. The van der Waals surface area contributed by atoms with Crippen molar-refractivity contribution in [2.75, 3.05) is 27.4 Å². The van der Waals surface area contributed by atoms with Crippen LogP contribution in [0.15, 0.2) is 84.9 Å². The van der Waals surface area contributed by atoms with E-state index in [4.69, 9.17) is 35.4 Å². The minimum atomic E-state index is -0.552. The minimum absolute atomic E-state index is 0.000325. The first-order valence-corrected chi connectivity index (χ1v) is 14.0. The molecule has 1 N–H and O–H groups in total. The lowest BCUT2D eigenvalue weighted by atomic mass is 10.1. The molecule has 0 saturated carbocycles. The van der Waals surface area contributed by atoms with E-state index in [2.05, 4.69) is 5.32 Å². The fourth-order valence-electron chi connectivity index (χ4n) is 4.40. The third-order valence-electron chi connectivity index (χ3n) is 6.77. The van der Waals surface area contributed by atoms with Crippen molar-refractivity contribution < 1.29 is 38.2 Å². The summed E-state index contributed by atoms with van der Waals surface area (Å²) in [5.41, 5.74) is 2.43. The number of fused-ring (bicyclic) bond motifs is 1. The van der Waals surface area contributed by atoms with Crippen molar-refractivity contribution in [3.63, 3.8) is 0 Å². The molecular weight excluding hydrogens is 588 g/mol. The highest BCUT2D eigenvalue weighted by Gasteiger charge is 2.36. The molecule has 44 heavy (non-hydrogen) atoms. The van der Waals surface area contributed by atoms with E-state index in [0.717, 1.165) is 16.9 Å². The van der Waals surface area contributed by atoms with Gasteiger partial charge in [-0.2, -0.15) is 0 Å². The molecule has 0 bridgehead atoms. The van der Waals surface area contributed by atoms with Crippen LogP contribution >= 0.6 is 11.6 Å². The highest BCUT2D eigenvalue weighted by molar-refractivity contribution is 6.35. The van der Waals surface area contributed by atoms with Gasteiger partial charge in [0, 0.05) is 6.54 Å². The predicted molar refractivity (Wildman–Crippen MR) is 161 cm³/mol. The zero-order valence-corrected chi connectivity index (χ0v) is 24.8. The molecule has 1 aliphatic heterocycles. The van der Waals surface area contributed by atoms with E-state index in [1.165, 1.54) is 6.07 Å². The van der Waals surface area contributed by atoms with Gasteiger partial charge in [-0.25, -0.2) is 0 Å². The first-order chi connectivity index (χ1) is 21.4. The zero-order chi connectivity index (χ0) is 31.1. The Morgan fingerprint density at radius 2 is 1.30 bits per heavy atom. The highest BCUT2D eigenvalue weighted by Crippen LogP contribution is 2.39. The predicted octanol–water partition coefficient (Wildman–Crippen LogP) is 5.47. The first kappa shape index (κ1) is 30.4. The van der Waals surface area contributed by atoms with Gasteiger partial charge in [0.1, 0.15) is 24.7 Å². The fourth-order valence-corrected chi connectivity index (χ4v) is 4.70. The van der Waals surface area contributed by atoms with Crippen molar-refractivity contribution in [3.8, 4) is 23.0 Å². The quantitative estimate of drug-likeness (QED) is 0.155. The SMILES string of the molecule is COc1ccc(COc2ccc(C(=O)NCCON3C(=O)c4ccccc4C3=O)c(Cl)c2OCc2ccc(OC)cc2)cc1. The van der Waals surface area contributed by atoms with Gasteiger partial charge in [0.2, 0.25) is 0 Å². The molecule has 10 nitrogen and oxygen atoms in total. The summed E-state index contributed by atoms with van der Waals surface area (Å²) in [5, 5.41) is 3.45. The van der Waals surface area contributed by atoms with Gasteiger partial charge in [0.05, 0.1) is 42.5 Å². The van der Waals surface area contributed by atoms with Crippen molar-refractivity contribution >= 4 is 29.3 Å². The molecule has 0 saturated heterocycles. The van der Waals surface area contributed by atoms with Crippen LogP contribution < -0.4 is 24.3 Å². The summed E-state index contributed by atoms with van der Waals surface area (Å²) >= 11 is 6.72. The maximum absolute atomic E-state index is 13.1. The highest BCUT2D eigenvalue weighted by atomic mass is 35.5. The summed E-state index contributed by atoms with van der Waals surface area (Å²) in [7, 11) is 3.18. The monoisotopic (exact) mass is 616 g/mol. The van der Waals surface area contributed by atoms with Crippen molar-refractivity contribution in [2.24, 2.45) is 0 Å². The number of benzene rings is 4. The van der Waals surface area contributed by atoms with Gasteiger partial charge in [-0.3, -0.25) is 19.2 Å². The third kappa shape index (κ3) is 6.77. The summed E-state index contributed by atoms with van der Waals surface area (Å²) in [4.78, 5) is 43.4. The molecule has 5 rings (SSSR count). The second-order valence-electron chi connectivity index (χ2n) is 9.57. The molecule has 4 aromatic rings. The number of halogens is 1. The smallest absolute Gasteiger partial charge is 0.285 e. The van der Waals surface area contributed by atoms with Gasteiger partial charge in [0.15, 0.2) is 11.5 Å². The van der Waals surface area contributed by atoms with E-state index in [1.807, 2.05) is 48.5 Å². The summed E-state index contributed by atoms with van der Waals surface area (Å²) < 4.78 is 22.6. The number of hydrogen-bond acceptors (Lipinski definition) is 8. The van der Waals surface area contributed by atoms with Crippen LogP contribution in [0.5, 0.6) is 23.0 Å². The van der Waals surface area contributed by atoms with E-state index >= 15 is 0 Å². The van der Waals surface area contributed by atoms with Crippen LogP contribution in [-0.4, -0.2) is 50.2 Å². The number of ether oxygens (including phenoxy) is 4. The second-order valence-corrected chi connectivity index (χ2v) is 9.95. The number of imide groups is 1. The third-order valence-corrected chi connectivity index (χ3v) is 7.14. The standard InChI is InChI=1S/C33H29ClN2O8/c1-40-23-11-7-21(8-12-23)19-42-28-16-15-27(29(34)30(28)43-20-22-9-13-24(41-2)14-10-22)31(37)35-17-18-44-36-32(38)25-5-3-4-6-26(25)33(36)39/h3-16H,17-20H2,1-2H3,(H,35,37). The lowest BCUT2D eigenvalue weighted by Crippen LogP contribution is -2.34. The largest absolute Gasteiger partial charge is 0.497 e. The average molecular weight is 617 g/mol. The molecule has 3 amide bonds. The Morgan fingerprint density at radius 3 is 1.84 bits per heavy atom. The lowest BCUT2D eigenvalue weighted by molar-refractivity contribution is -0.0892. The first-order valence-electron chi connectivity index (χ1n) is 13.6. The molecular formula is C33H29ClN2O8. The molecule has 0 aliphatic carbocycles. The number of carbonyl (C=O) groups excluding carboxylic acids is 3. The number of methoxy groups -OCH3 is 2. The number of carbonyl (C=O) groups is 3. The summed E-state index contributed by atoms with van der Waals surface area (Å²) in [5.74, 6) is 0.381. The molecule has 0 atom stereocenters. The van der Waals surface area contributed by atoms with E-state index in [1.54, 1.807) is 44.6 Å². The van der Waals surface area contributed by atoms with Crippen LogP contribution in [-0.2, 0) is 18.1 Å². The summed E-state index contributed by atoms with van der Waals surface area (Å²) in [6.45, 7) is 0.251. The topological polar surface area (TPSA) is 113 Å². The molecule has 0 aromatic heterocycles. The van der Waals surface area contributed by atoms with E-state index in [-0.39, 0.29) is 53.8 Å². The summed E-state index contributed by atoms with van der Waals surface area (Å²) in [6, 6.07) is 24.4. The molecule has 11 heteroatoms. The maximum Gasteiger partial charge on any atom is 0.285 e. The Balaban J connectivity index is 1.26. The molecule has 0 radical (unpaired) electrons. The average Bonchev–Trinajstić information content (AvgIpc) is 3.30. The zero-order valence-electron chi connectivity index (χ0n) is 24.0. The van der Waals surface area contributed by atoms with Crippen LogP contribution in [0.25, 0.3) is 0 Å². The Hall–Kier alpha value is -5.06.